The Hall–Kier alpha value is -1.06. The largest absolute Gasteiger partial charge is 0.340 e. The molecule has 3 aliphatic rings. The smallest absolute Gasteiger partial charge is 0.249 e. The van der Waals surface area contributed by atoms with Gasteiger partial charge in [-0.05, 0) is 32.6 Å². The lowest BCUT2D eigenvalue weighted by molar-refractivity contribution is -0.152. The third kappa shape index (κ3) is 1.28. The number of piperazine rings is 1. The Morgan fingerprint density at radius 1 is 1.12 bits per heavy atom. The summed E-state index contributed by atoms with van der Waals surface area (Å²) in [5, 5.41) is 2.94. The van der Waals surface area contributed by atoms with E-state index in [1.165, 1.54) is 0 Å². The molecule has 0 bridgehead atoms. The molecule has 4 nitrogen and oxygen atoms in total. The number of carbonyl (C=O) groups excluding carboxylic acids is 2. The summed E-state index contributed by atoms with van der Waals surface area (Å²) >= 11 is 0. The van der Waals surface area contributed by atoms with Gasteiger partial charge in [0.2, 0.25) is 11.8 Å². The van der Waals surface area contributed by atoms with E-state index in [1.807, 2.05) is 4.90 Å². The third-order valence-corrected chi connectivity index (χ3v) is 4.42. The fourth-order valence-corrected chi connectivity index (χ4v) is 3.04. The number of rotatable bonds is 1. The Morgan fingerprint density at radius 2 is 1.75 bits per heavy atom. The second kappa shape index (κ2) is 2.99. The van der Waals surface area contributed by atoms with Crippen molar-refractivity contribution in [2.24, 2.45) is 0 Å². The van der Waals surface area contributed by atoms with E-state index >= 15 is 0 Å². The standard InChI is InChI=1S/C12H18N2O2/c1-11(6-7-11)14-8-9(15)13-12(10(14)16)4-2-3-5-12/h2-8H2,1H3,(H,13,15). The Kier molecular flexibility index (Phi) is 1.89. The van der Waals surface area contributed by atoms with Crippen molar-refractivity contribution in [3.8, 4) is 0 Å². The molecule has 1 saturated heterocycles. The molecule has 0 aromatic carbocycles. The topological polar surface area (TPSA) is 49.4 Å². The first-order valence-electron chi connectivity index (χ1n) is 6.19. The molecule has 16 heavy (non-hydrogen) atoms. The van der Waals surface area contributed by atoms with Gasteiger partial charge in [0, 0.05) is 5.54 Å². The van der Waals surface area contributed by atoms with Crippen molar-refractivity contribution in [2.75, 3.05) is 6.54 Å². The van der Waals surface area contributed by atoms with Crippen LogP contribution >= 0.6 is 0 Å². The Morgan fingerprint density at radius 3 is 2.31 bits per heavy atom. The lowest BCUT2D eigenvalue weighted by Gasteiger charge is -2.42. The number of hydrogen-bond acceptors (Lipinski definition) is 2. The van der Waals surface area contributed by atoms with Gasteiger partial charge in [-0.1, -0.05) is 12.8 Å². The van der Waals surface area contributed by atoms with Crippen LogP contribution in [0.25, 0.3) is 0 Å². The van der Waals surface area contributed by atoms with Crippen LogP contribution in [0.2, 0.25) is 0 Å². The van der Waals surface area contributed by atoms with Gasteiger partial charge in [0.15, 0.2) is 0 Å². The van der Waals surface area contributed by atoms with Crippen LogP contribution in [0.3, 0.4) is 0 Å². The molecule has 3 fully saturated rings. The van der Waals surface area contributed by atoms with E-state index < -0.39 is 5.54 Å². The molecule has 1 aliphatic heterocycles. The highest BCUT2D eigenvalue weighted by molar-refractivity contribution is 5.98. The van der Waals surface area contributed by atoms with Gasteiger partial charge in [-0.15, -0.1) is 0 Å². The molecule has 0 aromatic heterocycles. The van der Waals surface area contributed by atoms with Crippen molar-refractivity contribution < 1.29 is 9.59 Å². The number of nitrogens with one attached hydrogen (secondary N) is 1. The first-order chi connectivity index (χ1) is 7.56. The van der Waals surface area contributed by atoms with Crippen molar-refractivity contribution in [1.82, 2.24) is 10.2 Å². The highest BCUT2D eigenvalue weighted by atomic mass is 16.2. The molecule has 1 heterocycles. The summed E-state index contributed by atoms with van der Waals surface area (Å²) in [4.78, 5) is 26.1. The maximum atomic E-state index is 12.5. The second-order valence-corrected chi connectivity index (χ2v) is 5.73. The van der Waals surface area contributed by atoms with Gasteiger partial charge in [-0.2, -0.15) is 0 Å². The van der Waals surface area contributed by atoms with Crippen molar-refractivity contribution in [3.63, 3.8) is 0 Å². The molecule has 0 unspecified atom stereocenters. The molecular weight excluding hydrogens is 204 g/mol. The molecule has 4 heteroatoms. The van der Waals surface area contributed by atoms with Crippen LogP contribution in [0.4, 0.5) is 0 Å². The molecule has 0 aromatic rings. The molecule has 88 valence electrons. The van der Waals surface area contributed by atoms with Crippen molar-refractivity contribution in [1.29, 1.82) is 0 Å². The summed E-state index contributed by atoms with van der Waals surface area (Å²) in [6, 6.07) is 0. The van der Waals surface area contributed by atoms with E-state index in [-0.39, 0.29) is 23.9 Å². The zero-order chi connectivity index (χ0) is 11.4. The molecule has 2 aliphatic carbocycles. The monoisotopic (exact) mass is 222 g/mol. The van der Waals surface area contributed by atoms with E-state index in [4.69, 9.17) is 0 Å². The number of nitrogens with zero attached hydrogens (tertiary/aromatic N) is 1. The Bertz CT molecular complexity index is 354. The zero-order valence-corrected chi connectivity index (χ0v) is 9.71. The Balaban J connectivity index is 1.91. The van der Waals surface area contributed by atoms with Crippen molar-refractivity contribution in [3.05, 3.63) is 0 Å². The zero-order valence-electron chi connectivity index (χ0n) is 9.71. The minimum absolute atomic E-state index is 0.0228. The van der Waals surface area contributed by atoms with Gasteiger partial charge in [0.25, 0.3) is 0 Å². The third-order valence-electron chi connectivity index (χ3n) is 4.42. The highest BCUT2D eigenvalue weighted by Crippen LogP contribution is 2.45. The summed E-state index contributed by atoms with van der Waals surface area (Å²) in [6.45, 7) is 2.35. The first-order valence-corrected chi connectivity index (χ1v) is 6.19. The molecule has 1 spiro atoms. The van der Waals surface area contributed by atoms with Crippen LogP contribution in [0.5, 0.6) is 0 Å². The van der Waals surface area contributed by atoms with Crippen molar-refractivity contribution >= 4 is 11.8 Å². The average molecular weight is 222 g/mol. The fourth-order valence-electron chi connectivity index (χ4n) is 3.04. The van der Waals surface area contributed by atoms with Gasteiger partial charge in [0.1, 0.15) is 12.1 Å². The van der Waals surface area contributed by atoms with Gasteiger partial charge < -0.3 is 10.2 Å². The maximum absolute atomic E-state index is 12.5. The van der Waals surface area contributed by atoms with E-state index in [9.17, 15) is 9.59 Å². The number of carbonyl (C=O) groups is 2. The molecule has 0 radical (unpaired) electrons. The SMILES string of the molecule is CC1(N2CC(=O)NC3(CCCC3)C2=O)CC1. The van der Waals surface area contributed by atoms with Gasteiger partial charge in [0.05, 0.1) is 0 Å². The van der Waals surface area contributed by atoms with E-state index in [2.05, 4.69) is 12.2 Å². The molecule has 2 saturated carbocycles. The number of hydrogen-bond donors (Lipinski definition) is 1. The first kappa shape index (κ1) is 10.1. The summed E-state index contributed by atoms with van der Waals surface area (Å²) in [7, 11) is 0. The van der Waals surface area contributed by atoms with Crippen LogP contribution in [0.1, 0.15) is 45.4 Å². The van der Waals surface area contributed by atoms with Crippen LogP contribution < -0.4 is 5.32 Å². The highest BCUT2D eigenvalue weighted by Gasteiger charge is 2.55. The lowest BCUT2D eigenvalue weighted by Crippen LogP contribution is -2.67. The van der Waals surface area contributed by atoms with Crippen molar-refractivity contribution in [2.45, 2.75) is 56.5 Å². The van der Waals surface area contributed by atoms with Crippen LogP contribution in [0.15, 0.2) is 0 Å². The lowest BCUT2D eigenvalue weighted by atomic mass is 9.92. The second-order valence-electron chi connectivity index (χ2n) is 5.73. The van der Waals surface area contributed by atoms with Crippen LogP contribution in [-0.2, 0) is 9.59 Å². The Labute approximate surface area is 95.4 Å². The molecular formula is C12H18N2O2. The summed E-state index contributed by atoms with van der Waals surface area (Å²) in [5.41, 5.74) is -0.564. The molecule has 2 amide bonds. The van der Waals surface area contributed by atoms with Gasteiger partial charge in [-0.3, -0.25) is 9.59 Å². The normalized spacial score (nSPS) is 30.7. The fraction of sp³-hybridized carbons (Fsp3) is 0.833. The van der Waals surface area contributed by atoms with Crippen LogP contribution in [0, 0.1) is 0 Å². The molecule has 0 atom stereocenters. The minimum Gasteiger partial charge on any atom is -0.340 e. The average Bonchev–Trinajstić information content (AvgIpc) is 2.81. The van der Waals surface area contributed by atoms with E-state index in [0.29, 0.717) is 0 Å². The van der Waals surface area contributed by atoms with Crippen LogP contribution in [-0.4, -0.2) is 34.3 Å². The molecule has 3 rings (SSSR count). The number of amides is 2. The van der Waals surface area contributed by atoms with Gasteiger partial charge >= 0.3 is 0 Å². The van der Waals surface area contributed by atoms with E-state index in [1.54, 1.807) is 0 Å². The minimum atomic E-state index is -0.541. The summed E-state index contributed by atoms with van der Waals surface area (Å²) in [5.74, 6) is 0.194. The quantitative estimate of drug-likeness (QED) is 0.713. The summed E-state index contributed by atoms with van der Waals surface area (Å²) < 4.78 is 0. The predicted octanol–water partition coefficient (Wildman–Crippen LogP) is 0.810. The van der Waals surface area contributed by atoms with Gasteiger partial charge in [-0.25, -0.2) is 0 Å². The molecule has 1 N–H and O–H groups in total. The predicted molar refractivity (Wildman–Crippen MR) is 58.7 cm³/mol. The summed E-state index contributed by atoms with van der Waals surface area (Å²) in [6.07, 6.45) is 5.84. The maximum Gasteiger partial charge on any atom is 0.249 e. The van der Waals surface area contributed by atoms with E-state index in [0.717, 1.165) is 38.5 Å².